The monoisotopic (exact) mass is 326 g/mol. The molecule has 0 bridgehead atoms. The van der Waals surface area contributed by atoms with Crippen molar-refractivity contribution in [3.05, 3.63) is 47.5 Å². The van der Waals surface area contributed by atoms with E-state index in [1.165, 1.54) is 18.2 Å². The van der Waals surface area contributed by atoms with E-state index in [0.717, 1.165) is 0 Å². The summed E-state index contributed by atoms with van der Waals surface area (Å²) in [5.74, 6) is 0.403. The molecule has 0 fully saturated rings. The number of sulfonamides is 1. The Hall–Kier alpha value is -1.92. The number of anilines is 2. The minimum absolute atomic E-state index is 0.00687. The zero-order chi connectivity index (χ0) is 15.5. The summed E-state index contributed by atoms with van der Waals surface area (Å²) < 4.78 is 32.6. The van der Waals surface area contributed by atoms with Crippen LogP contribution in [0, 0.1) is 0 Å². The molecule has 0 atom stereocenters. The average molecular weight is 327 g/mol. The Balaban J connectivity index is 2.41. The summed E-state index contributed by atoms with van der Waals surface area (Å²) in [6.07, 6.45) is 0. The first-order chi connectivity index (χ1) is 9.94. The van der Waals surface area contributed by atoms with Gasteiger partial charge in [0.05, 0.1) is 18.0 Å². The van der Waals surface area contributed by atoms with Crippen LogP contribution in [-0.2, 0) is 10.0 Å². The summed E-state index contributed by atoms with van der Waals surface area (Å²) in [6.45, 7) is 2.21. The van der Waals surface area contributed by atoms with Crippen molar-refractivity contribution in [3.8, 4) is 5.75 Å². The van der Waals surface area contributed by atoms with Crippen molar-refractivity contribution >= 4 is 33.0 Å². The number of ether oxygens (including phenoxy) is 1. The standard InChI is InChI=1S/C14H15ClN2O3S/c1-2-20-13-8-7-10(15)9-12(13)17-21(18,19)14-6-4-3-5-11(14)16/h3-9,17H,2,16H2,1H3. The SMILES string of the molecule is CCOc1ccc(Cl)cc1NS(=O)(=O)c1ccccc1N. The molecular formula is C14H15ClN2O3S. The van der Waals surface area contributed by atoms with Gasteiger partial charge in [0.15, 0.2) is 0 Å². The first-order valence-corrected chi connectivity index (χ1v) is 8.10. The molecule has 0 saturated carbocycles. The van der Waals surface area contributed by atoms with Crippen LogP contribution >= 0.6 is 11.6 Å². The van der Waals surface area contributed by atoms with E-state index in [1.807, 2.05) is 6.92 Å². The summed E-state index contributed by atoms with van der Waals surface area (Å²) in [5, 5.41) is 0.400. The molecule has 2 aromatic carbocycles. The molecule has 0 spiro atoms. The van der Waals surface area contributed by atoms with Crippen molar-refractivity contribution in [2.75, 3.05) is 17.1 Å². The summed E-state index contributed by atoms with van der Waals surface area (Å²) in [4.78, 5) is 0.00687. The Labute approximate surface area is 128 Å². The van der Waals surface area contributed by atoms with Crippen molar-refractivity contribution in [2.45, 2.75) is 11.8 Å². The van der Waals surface area contributed by atoms with Crippen LogP contribution in [0.3, 0.4) is 0 Å². The Kier molecular flexibility index (Phi) is 4.59. The minimum atomic E-state index is -3.82. The first kappa shape index (κ1) is 15.5. The third-order valence-electron chi connectivity index (χ3n) is 2.69. The fraction of sp³-hybridized carbons (Fsp3) is 0.143. The second kappa shape index (κ2) is 6.24. The smallest absolute Gasteiger partial charge is 0.264 e. The van der Waals surface area contributed by atoms with Gasteiger partial charge in [-0.3, -0.25) is 4.72 Å². The van der Waals surface area contributed by atoms with Gasteiger partial charge < -0.3 is 10.5 Å². The van der Waals surface area contributed by atoms with Gasteiger partial charge in [0.2, 0.25) is 0 Å². The van der Waals surface area contributed by atoms with Crippen LogP contribution in [0.1, 0.15) is 6.92 Å². The number of para-hydroxylation sites is 1. The normalized spacial score (nSPS) is 11.1. The van der Waals surface area contributed by atoms with E-state index < -0.39 is 10.0 Å². The zero-order valence-corrected chi connectivity index (χ0v) is 12.9. The molecule has 112 valence electrons. The highest BCUT2D eigenvalue weighted by molar-refractivity contribution is 7.92. The van der Waals surface area contributed by atoms with E-state index in [2.05, 4.69) is 4.72 Å². The number of nitrogens with one attached hydrogen (secondary N) is 1. The summed E-state index contributed by atoms with van der Waals surface area (Å²) in [7, 11) is -3.82. The number of hydrogen-bond donors (Lipinski definition) is 2. The number of rotatable bonds is 5. The van der Waals surface area contributed by atoms with Crippen molar-refractivity contribution in [2.24, 2.45) is 0 Å². The van der Waals surface area contributed by atoms with E-state index in [-0.39, 0.29) is 16.3 Å². The van der Waals surface area contributed by atoms with E-state index in [1.54, 1.807) is 24.3 Å². The molecule has 3 N–H and O–H groups in total. The topological polar surface area (TPSA) is 81.4 Å². The van der Waals surface area contributed by atoms with Crippen LogP contribution in [-0.4, -0.2) is 15.0 Å². The lowest BCUT2D eigenvalue weighted by Crippen LogP contribution is -2.15. The van der Waals surface area contributed by atoms with Crippen LogP contribution in [0.15, 0.2) is 47.4 Å². The van der Waals surface area contributed by atoms with Crippen molar-refractivity contribution < 1.29 is 13.2 Å². The van der Waals surface area contributed by atoms with Crippen molar-refractivity contribution in [3.63, 3.8) is 0 Å². The number of benzene rings is 2. The molecule has 0 aromatic heterocycles. The Morgan fingerprint density at radius 3 is 2.62 bits per heavy atom. The lowest BCUT2D eigenvalue weighted by atomic mass is 10.3. The largest absolute Gasteiger partial charge is 0.492 e. The molecule has 0 unspecified atom stereocenters. The predicted octanol–water partition coefficient (Wildman–Crippen LogP) is 3.12. The van der Waals surface area contributed by atoms with Gasteiger partial charge >= 0.3 is 0 Å². The van der Waals surface area contributed by atoms with Gasteiger partial charge in [0.1, 0.15) is 10.6 Å². The van der Waals surface area contributed by atoms with Gasteiger partial charge in [-0.15, -0.1) is 0 Å². The lowest BCUT2D eigenvalue weighted by Gasteiger charge is -2.14. The molecule has 5 nitrogen and oxygen atoms in total. The first-order valence-electron chi connectivity index (χ1n) is 6.23. The lowest BCUT2D eigenvalue weighted by molar-refractivity contribution is 0.342. The van der Waals surface area contributed by atoms with Gasteiger partial charge in [-0.05, 0) is 37.3 Å². The van der Waals surface area contributed by atoms with Crippen LogP contribution in [0.4, 0.5) is 11.4 Å². The predicted molar refractivity (Wildman–Crippen MR) is 84.3 cm³/mol. The molecule has 0 aliphatic rings. The summed E-state index contributed by atoms with van der Waals surface area (Å²) >= 11 is 5.91. The van der Waals surface area contributed by atoms with Gasteiger partial charge in [-0.1, -0.05) is 23.7 Å². The van der Waals surface area contributed by atoms with Gasteiger partial charge in [0.25, 0.3) is 10.0 Å². The summed E-state index contributed by atoms with van der Waals surface area (Å²) in [6, 6.07) is 11.0. The quantitative estimate of drug-likeness (QED) is 0.827. The summed E-state index contributed by atoms with van der Waals surface area (Å²) in [5.41, 5.74) is 6.15. The number of halogens is 1. The molecule has 0 aliphatic heterocycles. The van der Waals surface area contributed by atoms with Crippen molar-refractivity contribution in [1.82, 2.24) is 0 Å². The Morgan fingerprint density at radius 1 is 1.24 bits per heavy atom. The van der Waals surface area contributed by atoms with Crippen LogP contribution in [0.5, 0.6) is 5.75 Å². The molecule has 21 heavy (non-hydrogen) atoms. The molecule has 0 amide bonds. The zero-order valence-electron chi connectivity index (χ0n) is 11.3. The third kappa shape index (κ3) is 3.59. The fourth-order valence-electron chi connectivity index (χ4n) is 1.79. The van der Waals surface area contributed by atoms with Crippen molar-refractivity contribution in [1.29, 1.82) is 0 Å². The highest BCUT2D eigenvalue weighted by atomic mass is 35.5. The minimum Gasteiger partial charge on any atom is -0.492 e. The highest BCUT2D eigenvalue weighted by Crippen LogP contribution is 2.31. The molecule has 0 radical (unpaired) electrons. The maximum atomic E-state index is 12.4. The third-order valence-corrected chi connectivity index (χ3v) is 4.37. The molecule has 0 saturated heterocycles. The fourth-order valence-corrected chi connectivity index (χ4v) is 3.16. The second-order valence-electron chi connectivity index (χ2n) is 4.22. The van der Waals surface area contributed by atoms with E-state index in [4.69, 9.17) is 22.1 Å². The highest BCUT2D eigenvalue weighted by Gasteiger charge is 2.19. The Bertz CT molecular complexity index is 748. The van der Waals surface area contributed by atoms with E-state index in [0.29, 0.717) is 17.4 Å². The van der Waals surface area contributed by atoms with Gasteiger partial charge in [-0.2, -0.15) is 0 Å². The van der Waals surface area contributed by atoms with Gasteiger partial charge in [0, 0.05) is 5.02 Å². The maximum absolute atomic E-state index is 12.4. The molecule has 0 aliphatic carbocycles. The molecule has 2 rings (SSSR count). The van der Waals surface area contributed by atoms with Gasteiger partial charge in [-0.25, -0.2) is 8.42 Å². The second-order valence-corrected chi connectivity index (χ2v) is 6.30. The molecule has 0 heterocycles. The molecule has 7 heteroatoms. The number of hydrogen-bond acceptors (Lipinski definition) is 4. The number of nitrogen functional groups attached to an aromatic ring is 1. The maximum Gasteiger partial charge on any atom is 0.264 e. The van der Waals surface area contributed by atoms with Crippen LogP contribution < -0.4 is 15.2 Å². The van der Waals surface area contributed by atoms with E-state index >= 15 is 0 Å². The Morgan fingerprint density at radius 2 is 1.95 bits per heavy atom. The molecule has 2 aromatic rings. The molecular weight excluding hydrogens is 312 g/mol. The number of nitrogens with two attached hydrogens (primary N) is 1. The van der Waals surface area contributed by atoms with E-state index in [9.17, 15) is 8.42 Å². The average Bonchev–Trinajstić information content (AvgIpc) is 2.42. The van der Waals surface area contributed by atoms with Crippen LogP contribution in [0.2, 0.25) is 5.02 Å². The van der Waals surface area contributed by atoms with Crippen LogP contribution in [0.25, 0.3) is 0 Å².